The van der Waals surface area contributed by atoms with Gasteiger partial charge in [-0.1, -0.05) is 64.1 Å². The highest BCUT2D eigenvalue weighted by Gasteiger charge is 2.37. The molecule has 4 rings (SSSR count). The molecule has 4 aromatic rings. The fourth-order valence-electron chi connectivity index (χ4n) is 4.64. The number of aromatic nitrogens is 3. The minimum Gasteiger partial charge on any atom is -0.413 e. The van der Waals surface area contributed by atoms with Crippen LogP contribution in [0.4, 0.5) is 0 Å². The molecule has 5 nitrogen and oxygen atoms in total. The van der Waals surface area contributed by atoms with Gasteiger partial charge in [-0.05, 0) is 77.5 Å². The number of aryl methyl sites for hydroxylation is 3. The number of nitrogens with zero attached hydrogens (tertiary/aromatic N) is 3. The number of aliphatic hydroxyl groups excluding tert-OH is 1. The van der Waals surface area contributed by atoms with E-state index >= 15 is 0 Å². The number of rotatable bonds is 8. The van der Waals surface area contributed by atoms with Crippen LogP contribution in [0.2, 0.25) is 18.1 Å². The van der Waals surface area contributed by atoms with E-state index in [1.54, 1.807) is 0 Å². The van der Waals surface area contributed by atoms with Gasteiger partial charge >= 0.3 is 0 Å². The highest BCUT2D eigenvalue weighted by molar-refractivity contribution is 6.74. The molecule has 2 aromatic carbocycles. The van der Waals surface area contributed by atoms with Crippen molar-refractivity contribution in [2.24, 2.45) is 0 Å². The Morgan fingerprint density at radius 2 is 1.68 bits per heavy atom. The van der Waals surface area contributed by atoms with Gasteiger partial charge in [0.2, 0.25) is 0 Å². The molecular weight excluding hydrogens is 474 g/mol. The number of hydrogen-bond acceptors (Lipinski definition) is 4. The Balaban J connectivity index is 1.76. The van der Waals surface area contributed by atoms with Gasteiger partial charge in [0.25, 0.3) is 0 Å². The predicted molar refractivity (Wildman–Crippen MR) is 155 cm³/mol. The Bertz CT molecular complexity index is 1420. The summed E-state index contributed by atoms with van der Waals surface area (Å²) in [6.07, 6.45) is 0.824. The van der Waals surface area contributed by atoms with E-state index in [2.05, 4.69) is 88.7 Å². The molecule has 0 fully saturated rings. The fraction of sp³-hybridized carbons (Fsp3) is 0.419. The molecule has 196 valence electrons. The summed E-state index contributed by atoms with van der Waals surface area (Å²) in [6, 6.07) is 16.9. The third kappa shape index (κ3) is 5.56. The lowest BCUT2D eigenvalue weighted by Crippen LogP contribution is -2.40. The quantitative estimate of drug-likeness (QED) is 0.249. The van der Waals surface area contributed by atoms with Crippen LogP contribution in [0.1, 0.15) is 61.5 Å². The van der Waals surface area contributed by atoms with Gasteiger partial charge in [0.15, 0.2) is 14.0 Å². The molecule has 0 aliphatic rings. The zero-order valence-electron chi connectivity index (χ0n) is 23.6. The van der Waals surface area contributed by atoms with Crippen molar-refractivity contribution >= 4 is 19.5 Å². The third-order valence-electron chi connectivity index (χ3n) is 7.77. The van der Waals surface area contributed by atoms with E-state index in [1.165, 1.54) is 0 Å². The Labute approximate surface area is 222 Å². The topological polar surface area (TPSA) is 60.2 Å². The highest BCUT2D eigenvalue weighted by Crippen LogP contribution is 2.37. The first-order valence-corrected chi connectivity index (χ1v) is 16.1. The number of benzene rings is 2. The summed E-state index contributed by atoms with van der Waals surface area (Å²) in [5, 5.41) is 10.5. The number of hydrogen-bond donors (Lipinski definition) is 1. The average molecular weight is 516 g/mol. The molecule has 0 spiro atoms. The van der Waals surface area contributed by atoms with Crippen LogP contribution in [-0.4, -0.2) is 28.0 Å². The van der Waals surface area contributed by atoms with Gasteiger partial charge in [0.05, 0.1) is 19.8 Å². The van der Waals surface area contributed by atoms with Crippen LogP contribution in [0.3, 0.4) is 0 Å². The first-order chi connectivity index (χ1) is 17.4. The fourth-order valence-corrected chi connectivity index (χ4v) is 5.60. The summed E-state index contributed by atoms with van der Waals surface area (Å²) in [6.45, 7) is 18.9. The summed E-state index contributed by atoms with van der Waals surface area (Å²) < 4.78 is 8.75. The van der Waals surface area contributed by atoms with Gasteiger partial charge in [0.1, 0.15) is 11.3 Å². The maximum Gasteiger partial charge on any atom is 0.192 e. The molecule has 2 aromatic heterocycles. The minimum atomic E-state index is -1.86. The minimum absolute atomic E-state index is 0.0182. The van der Waals surface area contributed by atoms with Crippen LogP contribution < -0.4 is 0 Å². The smallest absolute Gasteiger partial charge is 0.192 e. The number of pyridine rings is 1. The van der Waals surface area contributed by atoms with Crippen LogP contribution in [0.25, 0.3) is 22.3 Å². The van der Waals surface area contributed by atoms with Crippen LogP contribution in [0, 0.1) is 13.8 Å². The van der Waals surface area contributed by atoms with Gasteiger partial charge in [-0.2, -0.15) is 0 Å². The van der Waals surface area contributed by atoms with Gasteiger partial charge in [-0.15, -0.1) is 0 Å². The van der Waals surface area contributed by atoms with Crippen molar-refractivity contribution < 1.29 is 9.53 Å². The molecule has 0 saturated carbocycles. The van der Waals surface area contributed by atoms with E-state index in [4.69, 9.17) is 14.4 Å². The molecule has 0 radical (unpaired) electrons. The van der Waals surface area contributed by atoms with Gasteiger partial charge < -0.3 is 14.1 Å². The maximum atomic E-state index is 10.3. The molecular formula is C31H41N3O2Si. The standard InChI is InChI=1S/C31H41N3O2Si/c1-9-27-33-29-21(2)16-22(3)32-30(29)34(27)18-25-14-11-15-26(19-35)28(25)24-13-10-12-23(17-24)20-36-37(7,8)31(4,5)6/h10-17,35H,9,18-20H2,1-8H3. The summed E-state index contributed by atoms with van der Waals surface area (Å²) in [7, 11) is -1.86. The SMILES string of the molecule is CCc1nc2c(C)cc(C)nc2n1Cc1cccc(CO)c1-c1cccc(CO[Si](C)(C)C(C)(C)C)c1. The lowest BCUT2D eigenvalue weighted by Gasteiger charge is -2.36. The van der Waals surface area contributed by atoms with Crippen molar-refractivity contribution in [3.05, 3.63) is 82.3 Å². The first-order valence-electron chi connectivity index (χ1n) is 13.2. The molecule has 0 saturated heterocycles. The predicted octanol–water partition coefficient (Wildman–Crippen LogP) is 7.34. The Hall–Kier alpha value is -2.80. The van der Waals surface area contributed by atoms with Crippen molar-refractivity contribution in [1.29, 1.82) is 0 Å². The zero-order valence-corrected chi connectivity index (χ0v) is 24.6. The van der Waals surface area contributed by atoms with Crippen molar-refractivity contribution in [2.75, 3.05) is 0 Å². The van der Waals surface area contributed by atoms with Crippen LogP contribution in [0.15, 0.2) is 48.5 Å². The highest BCUT2D eigenvalue weighted by atomic mass is 28.4. The molecule has 37 heavy (non-hydrogen) atoms. The Morgan fingerprint density at radius 3 is 2.35 bits per heavy atom. The van der Waals surface area contributed by atoms with Crippen molar-refractivity contribution in [2.45, 2.75) is 85.9 Å². The maximum absolute atomic E-state index is 10.3. The van der Waals surface area contributed by atoms with Gasteiger partial charge in [-0.3, -0.25) is 0 Å². The number of imidazole rings is 1. The third-order valence-corrected chi connectivity index (χ3v) is 12.3. The summed E-state index contributed by atoms with van der Waals surface area (Å²) >= 11 is 0. The Morgan fingerprint density at radius 1 is 0.973 bits per heavy atom. The van der Waals surface area contributed by atoms with Crippen LogP contribution in [0.5, 0.6) is 0 Å². The average Bonchev–Trinajstić information content (AvgIpc) is 3.19. The Kier molecular flexibility index (Phi) is 7.74. The molecule has 6 heteroatoms. The van der Waals surface area contributed by atoms with E-state index in [1.807, 2.05) is 19.1 Å². The number of fused-ring (bicyclic) bond motifs is 1. The second-order valence-corrected chi connectivity index (χ2v) is 16.4. The second kappa shape index (κ2) is 10.5. The van der Waals surface area contributed by atoms with Crippen LogP contribution >= 0.6 is 0 Å². The number of aliphatic hydroxyl groups is 1. The molecule has 0 unspecified atom stereocenters. The summed E-state index contributed by atoms with van der Waals surface area (Å²) in [5.41, 5.74) is 9.41. The van der Waals surface area contributed by atoms with E-state index in [0.29, 0.717) is 13.2 Å². The first kappa shape index (κ1) is 27.2. The molecule has 0 atom stereocenters. The molecule has 2 heterocycles. The van der Waals surface area contributed by atoms with Crippen molar-refractivity contribution in [3.63, 3.8) is 0 Å². The van der Waals surface area contributed by atoms with Crippen molar-refractivity contribution in [1.82, 2.24) is 14.5 Å². The van der Waals surface area contributed by atoms with Crippen molar-refractivity contribution in [3.8, 4) is 11.1 Å². The second-order valence-electron chi connectivity index (χ2n) is 11.6. The zero-order chi connectivity index (χ0) is 27.0. The van der Waals surface area contributed by atoms with E-state index in [0.717, 1.165) is 62.5 Å². The van der Waals surface area contributed by atoms with E-state index in [-0.39, 0.29) is 11.6 Å². The molecule has 0 aliphatic heterocycles. The van der Waals surface area contributed by atoms with E-state index in [9.17, 15) is 5.11 Å². The molecule has 0 aliphatic carbocycles. The largest absolute Gasteiger partial charge is 0.413 e. The normalized spacial score (nSPS) is 12.5. The van der Waals surface area contributed by atoms with E-state index < -0.39 is 8.32 Å². The summed E-state index contributed by atoms with van der Waals surface area (Å²) in [5.74, 6) is 1.02. The van der Waals surface area contributed by atoms with Gasteiger partial charge in [-0.25, -0.2) is 9.97 Å². The molecule has 0 bridgehead atoms. The lowest BCUT2D eigenvalue weighted by atomic mass is 9.93. The molecule has 0 amide bonds. The van der Waals surface area contributed by atoms with Gasteiger partial charge in [0, 0.05) is 12.1 Å². The van der Waals surface area contributed by atoms with Crippen LogP contribution in [-0.2, 0) is 30.6 Å². The monoisotopic (exact) mass is 515 g/mol. The lowest BCUT2D eigenvalue weighted by molar-refractivity contribution is 0.276. The molecule has 1 N–H and O–H groups in total. The summed E-state index contributed by atoms with van der Waals surface area (Å²) in [4.78, 5) is 9.80.